The molecule has 0 aliphatic carbocycles. The smallest absolute Gasteiger partial charge is 0.420 e. The first kappa shape index (κ1) is 23.5. The molecule has 0 radical (unpaired) electrons. The highest BCUT2D eigenvalue weighted by atomic mass is 16.5. The number of carbonyl (C=O) groups excluding carboxylic acids is 2. The number of imide groups is 1. The van der Waals surface area contributed by atoms with Crippen LogP contribution in [0.15, 0.2) is 27.4 Å². The van der Waals surface area contributed by atoms with Crippen molar-refractivity contribution in [2.24, 2.45) is 5.41 Å². The molecule has 1 aliphatic rings. The molecule has 10 heteroatoms. The van der Waals surface area contributed by atoms with Crippen LogP contribution in [0.2, 0.25) is 0 Å². The van der Waals surface area contributed by atoms with Crippen molar-refractivity contribution in [1.29, 1.82) is 0 Å². The van der Waals surface area contributed by atoms with Crippen LogP contribution in [0.5, 0.6) is 0 Å². The zero-order chi connectivity index (χ0) is 23.5. The Labute approximate surface area is 184 Å². The maximum atomic E-state index is 12.5. The first-order valence-corrected chi connectivity index (χ1v) is 10.6. The van der Waals surface area contributed by atoms with Gasteiger partial charge in [-0.15, -0.1) is 0 Å². The van der Waals surface area contributed by atoms with Crippen molar-refractivity contribution in [1.82, 2.24) is 15.2 Å². The molecule has 0 spiro atoms. The van der Waals surface area contributed by atoms with Gasteiger partial charge in [0.15, 0.2) is 5.58 Å². The Hall–Kier alpha value is -3.14. The summed E-state index contributed by atoms with van der Waals surface area (Å²) in [6.07, 6.45) is 0.231. The molecule has 0 saturated carbocycles. The number of ether oxygens (including phenoxy) is 1. The fourth-order valence-corrected chi connectivity index (χ4v) is 3.82. The largest absolute Gasteiger partial charge is 0.465 e. The molecule has 1 aliphatic heterocycles. The van der Waals surface area contributed by atoms with Gasteiger partial charge in [0.1, 0.15) is 6.04 Å². The fraction of sp³-hybridized carbons (Fsp3) is 0.545. The number of rotatable bonds is 8. The maximum Gasteiger partial charge on any atom is 0.420 e. The molecule has 3 N–H and O–H groups in total. The van der Waals surface area contributed by atoms with Crippen LogP contribution in [0.25, 0.3) is 11.1 Å². The van der Waals surface area contributed by atoms with Gasteiger partial charge < -0.3 is 19.6 Å². The molecule has 1 saturated heterocycles. The highest BCUT2D eigenvalue weighted by Gasteiger charge is 2.31. The lowest BCUT2D eigenvalue weighted by Gasteiger charge is -2.30. The van der Waals surface area contributed by atoms with Crippen LogP contribution < -0.4 is 16.4 Å². The molecule has 0 bridgehead atoms. The number of aryl methyl sites for hydroxylation is 1. The molecule has 1 fully saturated rings. The SMILES string of the molecule is CC(C)(C)C(CNC(=O)O)OCCCc1cccc2c1oc(=O)n2C1CCC(=O)NC1=O. The van der Waals surface area contributed by atoms with Gasteiger partial charge in [0, 0.05) is 19.6 Å². The molecular weight excluding hydrogens is 418 g/mol. The van der Waals surface area contributed by atoms with Gasteiger partial charge >= 0.3 is 11.8 Å². The number of hydrogen-bond acceptors (Lipinski definition) is 6. The molecule has 32 heavy (non-hydrogen) atoms. The van der Waals surface area contributed by atoms with Crippen molar-refractivity contribution < 1.29 is 28.6 Å². The monoisotopic (exact) mass is 447 g/mol. The standard InChI is InChI=1S/C22H29N3O7/c1-22(2,3)16(12-23-20(28)29)31-11-5-7-13-6-4-8-14-18(13)32-21(30)25(14)15-9-10-17(26)24-19(15)27/h4,6,8,15-16,23H,5,7,9-12H2,1-3H3,(H,28,29)(H,24,26,27). The van der Waals surface area contributed by atoms with Crippen LogP contribution in [0, 0.1) is 5.41 Å². The summed E-state index contributed by atoms with van der Waals surface area (Å²) in [4.78, 5) is 47.0. The number of aromatic nitrogens is 1. The first-order chi connectivity index (χ1) is 15.1. The van der Waals surface area contributed by atoms with Crippen molar-refractivity contribution in [3.05, 3.63) is 34.3 Å². The van der Waals surface area contributed by atoms with Gasteiger partial charge in [0.2, 0.25) is 11.8 Å². The molecule has 3 rings (SSSR count). The zero-order valence-corrected chi connectivity index (χ0v) is 18.5. The Morgan fingerprint density at radius 3 is 2.75 bits per heavy atom. The lowest BCUT2D eigenvalue weighted by atomic mass is 9.89. The summed E-state index contributed by atoms with van der Waals surface area (Å²) in [5.41, 5.74) is 1.50. The zero-order valence-electron chi connectivity index (χ0n) is 18.5. The number of para-hydroxylation sites is 1. The van der Waals surface area contributed by atoms with E-state index in [1.165, 1.54) is 4.57 Å². The van der Waals surface area contributed by atoms with E-state index in [-0.39, 0.29) is 36.8 Å². The fourth-order valence-electron chi connectivity index (χ4n) is 3.82. The number of nitrogens with zero attached hydrogens (tertiary/aromatic N) is 1. The first-order valence-electron chi connectivity index (χ1n) is 10.6. The van der Waals surface area contributed by atoms with Gasteiger partial charge in [-0.1, -0.05) is 32.9 Å². The molecule has 10 nitrogen and oxygen atoms in total. The van der Waals surface area contributed by atoms with Crippen molar-refractivity contribution >= 4 is 29.0 Å². The van der Waals surface area contributed by atoms with E-state index in [2.05, 4.69) is 10.6 Å². The van der Waals surface area contributed by atoms with Crippen molar-refractivity contribution in [3.8, 4) is 0 Å². The van der Waals surface area contributed by atoms with Crippen LogP contribution in [0.3, 0.4) is 0 Å². The second-order valence-electron chi connectivity index (χ2n) is 8.99. The molecule has 1 aromatic carbocycles. The van der Waals surface area contributed by atoms with Gasteiger partial charge in [-0.2, -0.15) is 0 Å². The van der Waals surface area contributed by atoms with Gasteiger partial charge in [0.05, 0.1) is 11.6 Å². The molecular formula is C22H29N3O7. The third-order valence-electron chi connectivity index (χ3n) is 5.56. The molecule has 174 valence electrons. The lowest BCUT2D eigenvalue weighted by molar-refractivity contribution is -0.135. The Morgan fingerprint density at radius 2 is 2.09 bits per heavy atom. The molecule has 1 aromatic heterocycles. The molecule has 3 amide bonds. The highest BCUT2D eigenvalue weighted by molar-refractivity contribution is 6.00. The van der Waals surface area contributed by atoms with E-state index in [0.717, 1.165) is 5.56 Å². The topological polar surface area (TPSA) is 140 Å². The number of carboxylic acid groups (broad SMARTS) is 1. The summed E-state index contributed by atoms with van der Waals surface area (Å²) in [5.74, 6) is -1.49. The summed E-state index contributed by atoms with van der Waals surface area (Å²) < 4.78 is 12.7. The number of nitrogens with one attached hydrogen (secondary N) is 2. The summed E-state index contributed by atoms with van der Waals surface area (Å²) in [6, 6.07) is 4.59. The number of oxazole rings is 1. The van der Waals surface area contributed by atoms with E-state index in [1.807, 2.05) is 26.8 Å². The summed E-state index contributed by atoms with van der Waals surface area (Å²) in [7, 11) is 0. The van der Waals surface area contributed by atoms with E-state index in [0.29, 0.717) is 30.5 Å². The van der Waals surface area contributed by atoms with Crippen LogP contribution >= 0.6 is 0 Å². The Balaban J connectivity index is 1.70. The quantitative estimate of drug-likeness (QED) is 0.416. The Kier molecular flexibility index (Phi) is 7.02. The highest BCUT2D eigenvalue weighted by Crippen LogP contribution is 2.26. The number of amides is 3. The number of hydrogen-bond donors (Lipinski definition) is 3. The molecule has 2 aromatic rings. The van der Waals surface area contributed by atoms with Gasteiger partial charge in [-0.05, 0) is 36.3 Å². The Morgan fingerprint density at radius 1 is 1.34 bits per heavy atom. The molecule has 2 unspecified atom stereocenters. The number of fused-ring (bicyclic) bond motifs is 1. The summed E-state index contributed by atoms with van der Waals surface area (Å²) in [6.45, 7) is 6.53. The van der Waals surface area contributed by atoms with E-state index < -0.39 is 23.8 Å². The lowest BCUT2D eigenvalue weighted by Crippen LogP contribution is -2.43. The number of carbonyl (C=O) groups is 3. The number of benzene rings is 1. The minimum Gasteiger partial charge on any atom is -0.465 e. The predicted octanol–water partition coefficient (Wildman–Crippen LogP) is 2.20. The third kappa shape index (κ3) is 5.37. The van der Waals surface area contributed by atoms with Crippen LogP contribution in [0.4, 0.5) is 4.79 Å². The summed E-state index contributed by atoms with van der Waals surface area (Å²) >= 11 is 0. The van der Waals surface area contributed by atoms with E-state index in [9.17, 15) is 19.2 Å². The normalized spacial score (nSPS) is 17.9. The van der Waals surface area contributed by atoms with Crippen molar-refractivity contribution in [3.63, 3.8) is 0 Å². The van der Waals surface area contributed by atoms with Gasteiger partial charge in [-0.25, -0.2) is 9.59 Å². The van der Waals surface area contributed by atoms with Crippen LogP contribution in [-0.4, -0.2) is 46.8 Å². The van der Waals surface area contributed by atoms with E-state index in [4.69, 9.17) is 14.3 Å². The minimum absolute atomic E-state index is 0.165. The molecule has 2 atom stereocenters. The average molecular weight is 447 g/mol. The van der Waals surface area contributed by atoms with Gasteiger partial charge in [0.25, 0.3) is 0 Å². The average Bonchev–Trinajstić information content (AvgIpc) is 3.03. The Bertz CT molecular complexity index is 1060. The molecule has 2 heterocycles. The second-order valence-corrected chi connectivity index (χ2v) is 8.99. The van der Waals surface area contributed by atoms with Crippen LogP contribution in [0.1, 0.15) is 51.6 Å². The predicted molar refractivity (Wildman–Crippen MR) is 115 cm³/mol. The maximum absolute atomic E-state index is 12.5. The summed E-state index contributed by atoms with van der Waals surface area (Å²) in [5, 5.41) is 13.5. The van der Waals surface area contributed by atoms with Crippen LogP contribution in [-0.2, 0) is 20.7 Å². The van der Waals surface area contributed by atoms with Crippen molar-refractivity contribution in [2.45, 2.75) is 58.6 Å². The van der Waals surface area contributed by atoms with E-state index in [1.54, 1.807) is 12.1 Å². The van der Waals surface area contributed by atoms with Gasteiger partial charge in [-0.3, -0.25) is 19.5 Å². The van der Waals surface area contributed by atoms with Crippen molar-refractivity contribution in [2.75, 3.05) is 13.2 Å². The van der Waals surface area contributed by atoms with E-state index >= 15 is 0 Å². The number of piperidine rings is 1. The second kappa shape index (κ2) is 9.56. The minimum atomic E-state index is -1.09. The third-order valence-corrected chi connectivity index (χ3v) is 5.56.